The Bertz CT molecular complexity index is 689. The molecule has 1 atom stereocenters. The SMILES string of the molecule is O=C(CCc1ccc(-c2noc(C(F)(F)F)n2)s1)C1CCOC1. The monoisotopic (exact) mass is 346 g/mol. The molecule has 5 nitrogen and oxygen atoms in total. The molecule has 0 bridgehead atoms. The van der Waals surface area contributed by atoms with Crippen molar-refractivity contribution in [2.45, 2.75) is 25.4 Å². The predicted octanol–water partition coefficient (Wildman–Crippen LogP) is 3.36. The van der Waals surface area contributed by atoms with E-state index < -0.39 is 12.1 Å². The Balaban J connectivity index is 1.61. The van der Waals surface area contributed by atoms with E-state index in [1.807, 2.05) is 0 Å². The van der Waals surface area contributed by atoms with Crippen molar-refractivity contribution in [2.75, 3.05) is 13.2 Å². The van der Waals surface area contributed by atoms with E-state index in [0.29, 0.717) is 30.9 Å². The molecule has 0 aromatic carbocycles. The number of carbonyl (C=O) groups is 1. The number of aryl methyl sites for hydroxylation is 1. The van der Waals surface area contributed by atoms with Gasteiger partial charge in [-0.25, -0.2) is 0 Å². The number of halogens is 3. The van der Waals surface area contributed by atoms with Gasteiger partial charge in [-0.05, 0) is 25.0 Å². The number of ketones is 1. The zero-order valence-electron chi connectivity index (χ0n) is 11.9. The second-order valence-electron chi connectivity index (χ2n) is 5.21. The second kappa shape index (κ2) is 6.40. The number of carbonyl (C=O) groups excluding carboxylic acids is 1. The van der Waals surface area contributed by atoms with Gasteiger partial charge in [0.2, 0.25) is 5.82 Å². The first-order valence-corrected chi connectivity index (χ1v) is 7.85. The average Bonchev–Trinajstić information content (AvgIpc) is 3.22. The minimum Gasteiger partial charge on any atom is -0.381 e. The van der Waals surface area contributed by atoms with Gasteiger partial charge in [-0.2, -0.15) is 18.2 Å². The van der Waals surface area contributed by atoms with Gasteiger partial charge in [0.25, 0.3) is 0 Å². The average molecular weight is 346 g/mol. The molecule has 2 aromatic rings. The summed E-state index contributed by atoms with van der Waals surface area (Å²) >= 11 is 1.26. The quantitative estimate of drug-likeness (QED) is 0.831. The molecule has 0 saturated carbocycles. The summed E-state index contributed by atoms with van der Waals surface area (Å²) in [5.41, 5.74) is 0. The molecule has 124 valence electrons. The van der Waals surface area contributed by atoms with Gasteiger partial charge in [-0.15, -0.1) is 11.3 Å². The summed E-state index contributed by atoms with van der Waals surface area (Å²) in [6, 6.07) is 3.40. The van der Waals surface area contributed by atoms with Crippen LogP contribution in [0.4, 0.5) is 13.2 Å². The maximum absolute atomic E-state index is 12.4. The maximum Gasteiger partial charge on any atom is 0.471 e. The Morgan fingerprint density at radius 3 is 2.87 bits per heavy atom. The van der Waals surface area contributed by atoms with Gasteiger partial charge < -0.3 is 9.26 Å². The van der Waals surface area contributed by atoms with Crippen LogP contribution >= 0.6 is 11.3 Å². The van der Waals surface area contributed by atoms with E-state index >= 15 is 0 Å². The minimum absolute atomic E-state index is 0.0269. The molecule has 1 aliphatic rings. The smallest absolute Gasteiger partial charge is 0.381 e. The summed E-state index contributed by atoms with van der Waals surface area (Å²) in [4.78, 5) is 16.7. The van der Waals surface area contributed by atoms with Crippen LogP contribution in [0.15, 0.2) is 16.7 Å². The standard InChI is InChI=1S/C14H13F3N2O3S/c15-14(16,17)13-18-12(19-22-13)11-4-2-9(23-11)1-3-10(20)8-5-6-21-7-8/h2,4,8H,1,3,5-7H2. The largest absolute Gasteiger partial charge is 0.471 e. The zero-order valence-corrected chi connectivity index (χ0v) is 12.7. The second-order valence-corrected chi connectivity index (χ2v) is 6.38. The number of rotatable bonds is 5. The lowest BCUT2D eigenvalue weighted by atomic mass is 9.99. The summed E-state index contributed by atoms with van der Waals surface area (Å²) in [5, 5.41) is 3.35. The molecule has 0 spiro atoms. The number of aromatic nitrogens is 2. The third-order valence-corrected chi connectivity index (χ3v) is 4.69. The number of alkyl halides is 3. The molecule has 0 radical (unpaired) electrons. The van der Waals surface area contributed by atoms with Crippen LogP contribution in [0, 0.1) is 5.92 Å². The molecule has 0 amide bonds. The maximum atomic E-state index is 12.4. The van der Waals surface area contributed by atoms with E-state index in [-0.39, 0.29) is 17.5 Å². The van der Waals surface area contributed by atoms with Crippen LogP contribution in [-0.4, -0.2) is 29.1 Å². The molecule has 3 rings (SSSR count). The lowest BCUT2D eigenvalue weighted by Crippen LogP contribution is -2.14. The lowest BCUT2D eigenvalue weighted by molar-refractivity contribution is -0.159. The van der Waals surface area contributed by atoms with Crippen LogP contribution in [0.2, 0.25) is 0 Å². The minimum atomic E-state index is -4.65. The number of hydrogen-bond donors (Lipinski definition) is 0. The Morgan fingerprint density at radius 2 is 2.22 bits per heavy atom. The van der Waals surface area contributed by atoms with Crippen LogP contribution in [0.3, 0.4) is 0 Å². The van der Waals surface area contributed by atoms with Crippen molar-refractivity contribution >= 4 is 17.1 Å². The highest BCUT2D eigenvalue weighted by Crippen LogP contribution is 2.32. The first kappa shape index (κ1) is 16.1. The van der Waals surface area contributed by atoms with Crippen LogP contribution in [-0.2, 0) is 22.1 Å². The van der Waals surface area contributed by atoms with Crippen molar-refractivity contribution in [1.82, 2.24) is 10.1 Å². The van der Waals surface area contributed by atoms with Crippen molar-refractivity contribution in [2.24, 2.45) is 5.92 Å². The van der Waals surface area contributed by atoms with Gasteiger partial charge in [0.1, 0.15) is 5.78 Å². The number of Topliss-reactive ketones (excluding diaryl/α,β-unsaturated/α-hetero) is 1. The highest BCUT2D eigenvalue weighted by Gasteiger charge is 2.38. The summed E-state index contributed by atoms with van der Waals surface area (Å²) in [5.74, 6) is -1.32. The van der Waals surface area contributed by atoms with Gasteiger partial charge in [0, 0.05) is 23.8 Å². The molecular formula is C14H13F3N2O3S. The third-order valence-electron chi connectivity index (χ3n) is 3.55. The van der Waals surface area contributed by atoms with E-state index in [1.165, 1.54) is 11.3 Å². The van der Waals surface area contributed by atoms with Crippen LogP contribution in [0.25, 0.3) is 10.7 Å². The van der Waals surface area contributed by atoms with Gasteiger partial charge in [0.05, 0.1) is 11.5 Å². The van der Waals surface area contributed by atoms with E-state index in [0.717, 1.165) is 11.3 Å². The number of thiophene rings is 1. The first-order valence-electron chi connectivity index (χ1n) is 7.04. The van der Waals surface area contributed by atoms with Crippen molar-refractivity contribution < 1.29 is 27.2 Å². The van der Waals surface area contributed by atoms with E-state index in [9.17, 15) is 18.0 Å². The van der Waals surface area contributed by atoms with Crippen LogP contribution in [0.1, 0.15) is 23.6 Å². The first-order chi connectivity index (χ1) is 10.9. The fourth-order valence-electron chi connectivity index (χ4n) is 2.31. The molecule has 2 aromatic heterocycles. The van der Waals surface area contributed by atoms with Crippen molar-refractivity contribution in [1.29, 1.82) is 0 Å². The van der Waals surface area contributed by atoms with Crippen molar-refractivity contribution in [3.05, 3.63) is 22.9 Å². The van der Waals surface area contributed by atoms with E-state index in [2.05, 4.69) is 14.7 Å². The number of ether oxygens (including phenoxy) is 1. The lowest BCUT2D eigenvalue weighted by Gasteiger charge is -2.04. The number of hydrogen-bond acceptors (Lipinski definition) is 6. The zero-order chi connectivity index (χ0) is 16.4. The van der Waals surface area contributed by atoms with Crippen LogP contribution in [0.5, 0.6) is 0 Å². The third kappa shape index (κ3) is 3.78. The molecule has 9 heteroatoms. The normalized spacial score (nSPS) is 18.5. The Hall–Kier alpha value is -1.74. The van der Waals surface area contributed by atoms with Crippen LogP contribution < -0.4 is 0 Å². The summed E-state index contributed by atoms with van der Waals surface area (Å²) in [6.07, 6.45) is -2.95. The van der Waals surface area contributed by atoms with Gasteiger partial charge in [-0.3, -0.25) is 4.79 Å². The van der Waals surface area contributed by atoms with Gasteiger partial charge in [0.15, 0.2) is 0 Å². The summed E-state index contributed by atoms with van der Waals surface area (Å²) < 4.78 is 46.7. The highest BCUT2D eigenvalue weighted by molar-refractivity contribution is 7.15. The Kier molecular flexibility index (Phi) is 4.49. The molecule has 1 aliphatic heterocycles. The summed E-state index contributed by atoms with van der Waals surface area (Å²) in [7, 11) is 0. The number of nitrogens with zero attached hydrogens (tertiary/aromatic N) is 2. The molecule has 23 heavy (non-hydrogen) atoms. The van der Waals surface area contributed by atoms with Gasteiger partial charge in [-0.1, -0.05) is 5.16 Å². The molecule has 0 aliphatic carbocycles. The topological polar surface area (TPSA) is 65.2 Å². The Labute approximate surface area is 133 Å². The fraction of sp³-hybridized carbons (Fsp3) is 0.500. The van der Waals surface area contributed by atoms with E-state index in [4.69, 9.17) is 4.74 Å². The van der Waals surface area contributed by atoms with Gasteiger partial charge >= 0.3 is 12.1 Å². The molecule has 1 saturated heterocycles. The molecule has 3 heterocycles. The summed E-state index contributed by atoms with van der Waals surface area (Å²) in [6.45, 7) is 1.11. The molecular weight excluding hydrogens is 333 g/mol. The molecule has 1 fully saturated rings. The van der Waals surface area contributed by atoms with Crippen molar-refractivity contribution in [3.63, 3.8) is 0 Å². The molecule has 1 unspecified atom stereocenters. The molecule has 0 N–H and O–H groups in total. The highest BCUT2D eigenvalue weighted by atomic mass is 32.1. The van der Waals surface area contributed by atoms with E-state index in [1.54, 1.807) is 12.1 Å². The van der Waals surface area contributed by atoms with Crippen molar-refractivity contribution in [3.8, 4) is 10.7 Å². The fourth-order valence-corrected chi connectivity index (χ4v) is 3.24. The predicted molar refractivity (Wildman–Crippen MR) is 74.9 cm³/mol. The Morgan fingerprint density at radius 1 is 1.39 bits per heavy atom.